The van der Waals surface area contributed by atoms with Gasteiger partial charge < -0.3 is 10.2 Å². The van der Waals surface area contributed by atoms with Gasteiger partial charge in [-0.05, 0) is 30.2 Å². The zero-order valence-electron chi connectivity index (χ0n) is 10.4. The summed E-state index contributed by atoms with van der Waals surface area (Å²) in [4.78, 5) is 10.9. The third-order valence-corrected chi connectivity index (χ3v) is 3.99. The van der Waals surface area contributed by atoms with Crippen LogP contribution in [0.5, 0.6) is 0 Å². The second-order valence-corrected chi connectivity index (χ2v) is 5.19. The molecule has 19 heavy (non-hydrogen) atoms. The number of halogens is 2. The van der Waals surface area contributed by atoms with Gasteiger partial charge in [0.05, 0.1) is 6.04 Å². The van der Waals surface area contributed by atoms with Gasteiger partial charge in [-0.25, -0.2) is 14.3 Å². The van der Waals surface area contributed by atoms with Gasteiger partial charge in [0.25, 0.3) is 0 Å². The highest BCUT2D eigenvalue weighted by Gasteiger charge is 2.26. The predicted molar refractivity (Wildman–Crippen MR) is 71.3 cm³/mol. The SMILES string of the molecule is Cc1c(Br)ccc(F)c1C(C)C(N)c1n[nH]c(=O)o1. The molecular weight excluding hydrogens is 317 g/mol. The van der Waals surface area contributed by atoms with Crippen molar-refractivity contribution in [3.05, 3.63) is 50.0 Å². The number of hydrogen-bond donors (Lipinski definition) is 2. The van der Waals surface area contributed by atoms with Crippen molar-refractivity contribution >= 4 is 15.9 Å². The van der Waals surface area contributed by atoms with Crippen LogP contribution in [0.15, 0.2) is 25.8 Å². The summed E-state index contributed by atoms with van der Waals surface area (Å²) in [6, 6.07) is 2.30. The summed E-state index contributed by atoms with van der Waals surface area (Å²) in [5.74, 6) is -1.34. The lowest BCUT2D eigenvalue weighted by Gasteiger charge is -2.20. The van der Waals surface area contributed by atoms with Crippen molar-refractivity contribution in [2.45, 2.75) is 25.8 Å². The number of aromatic amines is 1. The lowest BCUT2D eigenvalue weighted by Crippen LogP contribution is -2.20. The number of rotatable bonds is 3. The van der Waals surface area contributed by atoms with Crippen LogP contribution in [0.2, 0.25) is 0 Å². The maximum Gasteiger partial charge on any atom is 0.434 e. The largest absolute Gasteiger partial charge is 0.434 e. The Balaban J connectivity index is 2.42. The molecule has 2 aromatic rings. The molecule has 1 aromatic carbocycles. The average Bonchev–Trinajstić information content (AvgIpc) is 2.80. The van der Waals surface area contributed by atoms with Gasteiger partial charge in [0, 0.05) is 10.4 Å². The summed E-state index contributed by atoms with van der Waals surface area (Å²) >= 11 is 3.36. The molecule has 0 saturated carbocycles. The van der Waals surface area contributed by atoms with Crippen molar-refractivity contribution < 1.29 is 8.81 Å². The number of nitrogens with zero attached hydrogens (tertiary/aromatic N) is 1. The van der Waals surface area contributed by atoms with Gasteiger partial charge in [-0.3, -0.25) is 0 Å². The second-order valence-electron chi connectivity index (χ2n) is 4.33. The quantitative estimate of drug-likeness (QED) is 0.905. The van der Waals surface area contributed by atoms with Crippen LogP contribution >= 0.6 is 15.9 Å². The van der Waals surface area contributed by atoms with Crippen LogP contribution in [-0.2, 0) is 0 Å². The minimum atomic E-state index is -0.707. The van der Waals surface area contributed by atoms with Crippen molar-refractivity contribution in [3.63, 3.8) is 0 Å². The summed E-state index contributed by atoms with van der Waals surface area (Å²) < 4.78 is 19.6. The monoisotopic (exact) mass is 329 g/mol. The molecule has 0 amide bonds. The molecule has 0 spiro atoms. The molecule has 2 atom stereocenters. The molecule has 0 radical (unpaired) electrons. The van der Waals surface area contributed by atoms with Crippen LogP contribution in [0.3, 0.4) is 0 Å². The first-order valence-corrected chi connectivity index (χ1v) is 6.46. The number of H-pyrrole nitrogens is 1. The maximum absolute atomic E-state index is 14.0. The Morgan fingerprint density at radius 2 is 2.21 bits per heavy atom. The van der Waals surface area contributed by atoms with Gasteiger partial charge >= 0.3 is 5.76 Å². The number of hydrogen-bond acceptors (Lipinski definition) is 4. The summed E-state index contributed by atoms with van der Waals surface area (Å²) in [5.41, 5.74) is 7.22. The standard InChI is InChI=1S/C12H13BrFN3O2/c1-5-7(13)3-4-8(14)9(5)6(2)10(15)11-16-17-12(18)19-11/h3-4,6,10H,15H2,1-2H3,(H,17,18). The molecule has 1 aromatic heterocycles. The average molecular weight is 330 g/mol. The Morgan fingerprint density at radius 3 is 2.79 bits per heavy atom. The zero-order valence-corrected chi connectivity index (χ0v) is 12.0. The summed E-state index contributed by atoms with van der Waals surface area (Å²) in [5, 5.41) is 5.82. The summed E-state index contributed by atoms with van der Waals surface area (Å²) in [6.45, 7) is 3.56. The van der Waals surface area contributed by atoms with E-state index in [-0.39, 0.29) is 17.6 Å². The van der Waals surface area contributed by atoms with Gasteiger partial charge in [0.15, 0.2) is 0 Å². The van der Waals surface area contributed by atoms with E-state index in [0.29, 0.717) is 5.56 Å². The molecule has 0 aliphatic rings. The Labute approximate surface area is 117 Å². The number of aromatic nitrogens is 2. The van der Waals surface area contributed by atoms with Gasteiger partial charge in [-0.15, -0.1) is 5.10 Å². The van der Waals surface area contributed by atoms with Crippen LogP contribution in [0.4, 0.5) is 4.39 Å². The van der Waals surface area contributed by atoms with E-state index in [1.54, 1.807) is 19.9 Å². The van der Waals surface area contributed by atoms with Crippen molar-refractivity contribution in [1.29, 1.82) is 0 Å². The molecule has 1 heterocycles. The molecule has 0 bridgehead atoms. The van der Waals surface area contributed by atoms with Crippen LogP contribution in [0.25, 0.3) is 0 Å². The first kappa shape index (κ1) is 14.0. The molecule has 2 rings (SSSR count). The minimum Gasteiger partial charge on any atom is -0.391 e. The third-order valence-electron chi connectivity index (χ3n) is 3.13. The normalized spacial score (nSPS) is 14.4. The predicted octanol–water partition coefficient (Wildman–Crippen LogP) is 2.38. The van der Waals surface area contributed by atoms with E-state index in [1.165, 1.54) is 6.07 Å². The topological polar surface area (TPSA) is 84.9 Å². The molecule has 0 aliphatic carbocycles. The van der Waals surface area contributed by atoms with Gasteiger partial charge in [-0.1, -0.05) is 22.9 Å². The van der Waals surface area contributed by atoms with E-state index < -0.39 is 11.8 Å². The third kappa shape index (κ3) is 2.62. The smallest absolute Gasteiger partial charge is 0.391 e. The molecule has 2 unspecified atom stereocenters. The molecule has 3 N–H and O–H groups in total. The van der Waals surface area contributed by atoms with E-state index >= 15 is 0 Å². The van der Waals surface area contributed by atoms with E-state index in [1.807, 2.05) is 0 Å². The van der Waals surface area contributed by atoms with Crippen molar-refractivity contribution in [2.24, 2.45) is 5.73 Å². The van der Waals surface area contributed by atoms with Gasteiger partial charge in [-0.2, -0.15) is 0 Å². The number of benzene rings is 1. The Morgan fingerprint density at radius 1 is 1.53 bits per heavy atom. The van der Waals surface area contributed by atoms with Crippen molar-refractivity contribution in [1.82, 2.24) is 10.2 Å². The maximum atomic E-state index is 14.0. The fraction of sp³-hybridized carbons (Fsp3) is 0.333. The first-order chi connectivity index (χ1) is 8.91. The Hall–Kier alpha value is -1.47. The van der Waals surface area contributed by atoms with Crippen LogP contribution in [0.1, 0.15) is 35.9 Å². The second kappa shape index (κ2) is 5.26. The number of nitrogens with one attached hydrogen (secondary N) is 1. The number of nitrogens with two attached hydrogens (primary N) is 1. The minimum absolute atomic E-state index is 0.0660. The lowest BCUT2D eigenvalue weighted by molar-refractivity contribution is 0.396. The fourth-order valence-corrected chi connectivity index (χ4v) is 2.35. The summed E-state index contributed by atoms with van der Waals surface area (Å²) in [7, 11) is 0. The highest BCUT2D eigenvalue weighted by molar-refractivity contribution is 9.10. The van der Waals surface area contributed by atoms with E-state index in [2.05, 4.69) is 26.1 Å². The van der Waals surface area contributed by atoms with Crippen molar-refractivity contribution in [2.75, 3.05) is 0 Å². The van der Waals surface area contributed by atoms with E-state index in [9.17, 15) is 9.18 Å². The lowest BCUT2D eigenvalue weighted by atomic mass is 9.90. The first-order valence-electron chi connectivity index (χ1n) is 5.67. The van der Waals surface area contributed by atoms with Crippen LogP contribution < -0.4 is 11.5 Å². The fourth-order valence-electron chi connectivity index (χ4n) is 2.01. The highest BCUT2D eigenvalue weighted by Crippen LogP contribution is 2.34. The molecule has 0 aliphatic heterocycles. The van der Waals surface area contributed by atoms with E-state index in [4.69, 9.17) is 10.2 Å². The van der Waals surface area contributed by atoms with Crippen LogP contribution in [-0.4, -0.2) is 10.2 Å². The molecule has 0 fully saturated rings. The highest BCUT2D eigenvalue weighted by atomic mass is 79.9. The van der Waals surface area contributed by atoms with Gasteiger partial charge in [0.1, 0.15) is 5.82 Å². The molecular formula is C12H13BrFN3O2. The zero-order chi connectivity index (χ0) is 14.2. The summed E-state index contributed by atoms with van der Waals surface area (Å²) in [6.07, 6.45) is 0. The molecule has 5 nitrogen and oxygen atoms in total. The van der Waals surface area contributed by atoms with Gasteiger partial charge in [0.2, 0.25) is 5.89 Å². The Kier molecular flexibility index (Phi) is 3.86. The molecule has 0 saturated heterocycles. The molecule has 7 heteroatoms. The molecule has 102 valence electrons. The van der Waals surface area contributed by atoms with E-state index in [0.717, 1.165) is 10.0 Å². The Bertz CT molecular complexity index is 653. The van der Waals surface area contributed by atoms with Crippen LogP contribution in [0, 0.1) is 12.7 Å². The van der Waals surface area contributed by atoms with Crippen molar-refractivity contribution in [3.8, 4) is 0 Å².